The number of ether oxygens (including phenoxy) is 1. The number of methoxy groups -OCH3 is 1. The average molecular weight is 380 g/mol. The molecule has 0 spiro atoms. The molecule has 4 rings (SSSR count). The summed E-state index contributed by atoms with van der Waals surface area (Å²) in [7, 11) is 3.15. The van der Waals surface area contributed by atoms with Gasteiger partial charge in [-0.2, -0.15) is 0 Å². The molecule has 0 saturated heterocycles. The lowest BCUT2D eigenvalue weighted by atomic mass is 10.1. The molecule has 0 aliphatic carbocycles. The molecule has 0 radical (unpaired) electrons. The molecule has 0 amide bonds. The molecule has 0 unspecified atom stereocenters. The average Bonchev–Trinajstić information content (AvgIpc) is 3.03. The lowest BCUT2D eigenvalue weighted by Gasteiger charge is -2.21. The Kier molecular flexibility index (Phi) is 4.31. The van der Waals surface area contributed by atoms with Gasteiger partial charge in [-0.25, -0.2) is 9.37 Å². The number of aromatic amines is 1. The van der Waals surface area contributed by atoms with E-state index >= 15 is 0 Å². The van der Waals surface area contributed by atoms with Gasteiger partial charge < -0.3 is 19.9 Å². The van der Waals surface area contributed by atoms with Gasteiger partial charge in [0.1, 0.15) is 28.8 Å². The van der Waals surface area contributed by atoms with E-state index in [-0.39, 0.29) is 35.0 Å². The number of nitrogens with zero attached hydrogens (tertiary/aromatic N) is 2. The number of rotatable bonds is 4. The fourth-order valence-electron chi connectivity index (χ4n) is 3.31. The molecular formula is C20H17FN4O3. The van der Waals surface area contributed by atoms with Crippen molar-refractivity contribution in [2.24, 2.45) is 0 Å². The number of hydrogen-bond acceptors (Lipinski definition) is 6. The molecule has 2 heterocycles. The summed E-state index contributed by atoms with van der Waals surface area (Å²) in [5.74, 6) is 0.316. The minimum atomic E-state index is -0.450. The monoisotopic (exact) mass is 380 g/mol. The highest BCUT2D eigenvalue weighted by Crippen LogP contribution is 2.31. The van der Waals surface area contributed by atoms with E-state index in [1.54, 1.807) is 43.4 Å². The summed E-state index contributed by atoms with van der Waals surface area (Å²) < 4.78 is 19.5. The van der Waals surface area contributed by atoms with Gasteiger partial charge >= 0.3 is 0 Å². The fourth-order valence-corrected chi connectivity index (χ4v) is 3.31. The number of hydrogen-bond donors (Lipinski definition) is 2. The molecule has 0 atom stereocenters. The molecule has 0 saturated carbocycles. The number of carbonyl (C=O) groups is 1. The SMILES string of the molecule is CNC1=C(c2nc3cc(OC)ccc3c(=O)[nH]2)C(=O)CN1c1ccccc1F. The first kappa shape index (κ1) is 17.7. The van der Waals surface area contributed by atoms with Gasteiger partial charge in [0, 0.05) is 13.1 Å². The number of nitrogens with one attached hydrogen (secondary N) is 2. The number of halogens is 1. The van der Waals surface area contributed by atoms with Crippen LogP contribution < -0.4 is 20.5 Å². The van der Waals surface area contributed by atoms with E-state index in [9.17, 15) is 14.0 Å². The number of Topliss-reactive ketones (excluding diaryl/α,β-unsaturated/α-hetero) is 1. The molecule has 0 bridgehead atoms. The minimum Gasteiger partial charge on any atom is -0.497 e. The second-order valence-electron chi connectivity index (χ2n) is 6.23. The van der Waals surface area contributed by atoms with Crippen molar-refractivity contribution in [1.82, 2.24) is 15.3 Å². The summed E-state index contributed by atoms with van der Waals surface area (Å²) in [6.07, 6.45) is 0. The van der Waals surface area contributed by atoms with Gasteiger partial charge in [0.15, 0.2) is 5.78 Å². The summed E-state index contributed by atoms with van der Waals surface area (Å²) in [5.41, 5.74) is 0.494. The number of para-hydroxylation sites is 1. The molecule has 8 heteroatoms. The van der Waals surface area contributed by atoms with Gasteiger partial charge in [-0.05, 0) is 24.3 Å². The quantitative estimate of drug-likeness (QED) is 0.720. The second kappa shape index (κ2) is 6.80. The maximum Gasteiger partial charge on any atom is 0.259 e. The molecule has 0 fully saturated rings. The van der Waals surface area contributed by atoms with Crippen molar-refractivity contribution in [2.45, 2.75) is 0 Å². The smallest absolute Gasteiger partial charge is 0.259 e. The van der Waals surface area contributed by atoms with Crippen molar-refractivity contribution in [1.29, 1.82) is 0 Å². The van der Waals surface area contributed by atoms with Gasteiger partial charge in [-0.1, -0.05) is 12.1 Å². The van der Waals surface area contributed by atoms with Crippen molar-refractivity contribution in [3.05, 3.63) is 70.3 Å². The molecule has 2 N–H and O–H groups in total. The number of aromatic nitrogens is 2. The predicted molar refractivity (Wildman–Crippen MR) is 104 cm³/mol. The molecule has 1 aliphatic rings. The van der Waals surface area contributed by atoms with Crippen LogP contribution in [0.15, 0.2) is 53.1 Å². The Bertz CT molecular complexity index is 1190. The number of benzene rings is 2. The number of ketones is 1. The van der Waals surface area contributed by atoms with Crippen LogP contribution in [-0.2, 0) is 4.79 Å². The first-order valence-electron chi connectivity index (χ1n) is 8.59. The van der Waals surface area contributed by atoms with E-state index in [2.05, 4.69) is 15.3 Å². The zero-order valence-electron chi connectivity index (χ0n) is 15.2. The van der Waals surface area contributed by atoms with Crippen molar-refractivity contribution in [2.75, 3.05) is 25.6 Å². The predicted octanol–water partition coefficient (Wildman–Crippen LogP) is 2.05. The molecule has 142 valence electrons. The summed E-state index contributed by atoms with van der Waals surface area (Å²) >= 11 is 0. The third-order valence-corrected chi connectivity index (χ3v) is 4.62. The summed E-state index contributed by atoms with van der Waals surface area (Å²) in [5, 5.41) is 3.32. The third-order valence-electron chi connectivity index (χ3n) is 4.62. The molecule has 3 aromatic rings. The molecule has 1 aliphatic heterocycles. The van der Waals surface area contributed by atoms with Gasteiger partial charge in [0.25, 0.3) is 5.56 Å². The Morgan fingerprint density at radius 2 is 2.00 bits per heavy atom. The Hall–Kier alpha value is -3.68. The van der Waals surface area contributed by atoms with Crippen LogP contribution in [-0.4, -0.2) is 36.5 Å². The van der Waals surface area contributed by atoms with Gasteiger partial charge in [-0.3, -0.25) is 9.59 Å². The number of H-pyrrole nitrogens is 1. The zero-order valence-corrected chi connectivity index (χ0v) is 15.2. The Morgan fingerprint density at radius 3 is 2.71 bits per heavy atom. The summed E-state index contributed by atoms with van der Waals surface area (Å²) in [4.78, 5) is 33.9. The minimum absolute atomic E-state index is 0.0632. The highest BCUT2D eigenvalue weighted by molar-refractivity contribution is 6.26. The van der Waals surface area contributed by atoms with Crippen LogP contribution in [0.25, 0.3) is 16.5 Å². The highest BCUT2D eigenvalue weighted by atomic mass is 19.1. The molecule has 1 aromatic heterocycles. The van der Waals surface area contributed by atoms with Crippen LogP contribution >= 0.6 is 0 Å². The van der Waals surface area contributed by atoms with Crippen LogP contribution in [0.2, 0.25) is 0 Å². The first-order valence-corrected chi connectivity index (χ1v) is 8.59. The van der Waals surface area contributed by atoms with Crippen LogP contribution in [0, 0.1) is 5.82 Å². The highest BCUT2D eigenvalue weighted by Gasteiger charge is 2.34. The Labute approximate surface area is 159 Å². The maximum atomic E-state index is 14.3. The summed E-state index contributed by atoms with van der Waals surface area (Å²) in [6.45, 7) is -0.0632. The van der Waals surface area contributed by atoms with E-state index in [0.29, 0.717) is 22.5 Å². The molecule has 28 heavy (non-hydrogen) atoms. The summed E-state index contributed by atoms with van der Waals surface area (Å²) in [6, 6.07) is 11.1. The van der Waals surface area contributed by atoms with Crippen molar-refractivity contribution < 1.29 is 13.9 Å². The lowest BCUT2D eigenvalue weighted by molar-refractivity contribution is -0.112. The Morgan fingerprint density at radius 1 is 1.21 bits per heavy atom. The second-order valence-corrected chi connectivity index (χ2v) is 6.23. The molecule has 2 aromatic carbocycles. The van der Waals surface area contributed by atoms with Gasteiger partial charge in [-0.15, -0.1) is 0 Å². The van der Waals surface area contributed by atoms with E-state index in [0.717, 1.165) is 0 Å². The van der Waals surface area contributed by atoms with Crippen LogP contribution in [0.5, 0.6) is 5.75 Å². The van der Waals surface area contributed by atoms with Crippen LogP contribution in [0.4, 0.5) is 10.1 Å². The number of anilines is 1. The van der Waals surface area contributed by atoms with Gasteiger partial charge in [0.05, 0.1) is 30.2 Å². The largest absolute Gasteiger partial charge is 0.497 e. The van der Waals surface area contributed by atoms with Crippen molar-refractivity contribution in [3.63, 3.8) is 0 Å². The molecule has 7 nitrogen and oxygen atoms in total. The standard InChI is InChI=1S/C20H17FN4O3/c1-22-19-17(16(26)10-25(19)15-6-4-3-5-13(15)21)18-23-14-9-11(28-2)7-8-12(14)20(27)24-18/h3-9,22H,10H2,1-2H3,(H,23,24,27). The molecular weight excluding hydrogens is 363 g/mol. The number of carbonyl (C=O) groups excluding carboxylic acids is 1. The third kappa shape index (κ3) is 2.79. The lowest BCUT2D eigenvalue weighted by Crippen LogP contribution is -2.28. The van der Waals surface area contributed by atoms with E-state index in [1.807, 2.05) is 0 Å². The van der Waals surface area contributed by atoms with E-state index < -0.39 is 5.82 Å². The van der Waals surface area contributed by atoms with E-state index in [4.69, 9.17) is 4.74 Å². The van der Waals surface area contributed by atoms with E-state index in [1.165, 1.54) is 18.1 Å². The normalized spacial score (nSPS) is 14.1. The van der Waals surface area contributed by atoms with Crippen molar-refractivity contribution >= 4 is 27.9 Å². The van der Waals surface area contributed by atoms with Crippen molar-refractivity contribution in [3.8, 4) is 5.75 Å². The Balaban J connectivity index is 1.91. The fraction of sp³-hybridized carbons (Fsp3) is 0.150. The number of fused-ring (bicyclic) bond motifs is 1. The topological polar surface area (TPSA) is 87.3 Å². The zero-order chi connectivity index (χ0) is 19.8. The van der Waals surface area contributed by atoms with Crippen LogP contribution in [0.3, 0.4) is 0 Å². The maximum absolute atomic E-state index is 14.3. The van der Waals surface area contributed by atoms with Gasteiger partial charge in [0.2, 0.25) is 0 Å². The van der Waals surface area contributed by atoms with Crippen LogP contribution in [0.1, 0.15) is 5.82 Å². The first-order chi connectivity index (χ1) is 13.5.